The molecule has 0 bridgehead atoms. The fraction of sp³-hybridized carbons (Fsp3) is 0.395. The van der Waals surface area contributed by atoms with Crippen molar-refractivity contribution >= 4 is 41.4 Å². The Bertz CT molecular complexity index is 2080. The molecule has 55 heavy (non-hydrogen) atoms. The highest BCUT2D eigenvalue weighted by Gasteiger charge is 2.44. The van der Waals surface area contributed by atoms with Crippen LogP contribution < -0.4 is 15.1 Å². The van der Waals surface area contributed by atoms with Crippen LogP contribution in [0.25, 0.3) is 11.1 Å². The van der Waals surface area contributed by atoms with E-state index in [1.807, 2.05) is 19.9 Å². The first-order chi connectivity index (χ1) is 26.5. The van der Waals surface area contributed by atoms with Gasteiger partial charge < -0.3 is 34.1 Å². The molecule has 1 aliphatic heterocycles. The Balaban J connectivity index is 1.16. The van der Waals surface area contributed by atoms with E-state index in [1.54, 1.807) is 12.1 Å². The molecule has 2 fully saturated rings. The zero-order chi connectivity index (χ0) is 39.3. The molecule has 286 valence electrons. The summed E-state index contributed by atoms with van der Waals surface area (Å²) in [6.07, 6.45) is 4.18. The summed E-state index contributed by atoms with van der Waals surface area (Å²) in [5.41, 5.74) is 7.87. The lowest BCUT2D eigenvalue weighted by molar-refractivity contribution is -0.125. The molecule has 3 aromatic carbocycles. The van der Waals surface area contributed by atoms with Gasteiger partial charge in [0, 0.05) is 68.3 Å². The fourth-order valence-electron chi connectivity index (χ4n) is 7.56. The van der Waals surface area contributed by atoms with Crippen molar-refractivity contribution in [3.05, 3.63) is 94.4 Å². The van der Waals surface area contributed by atoms with Crippen LogP contribution in [-0.4, -0.2) is 86.9 Å². The van der Waals surface area contributed by atoms with Gasteiger partial charge in [0.05, 0.1) is 35.5 Å². The third-order valence-corrected chi connectivity index (χ3v) is 11.0. The number of benzene rings is 3. The van der Waals surface area contributed by atoms with Gasteiger partial charge in [-0.2, -0.15) is 5.26 Å². The van der Waals surface area contributed by atoms with Crippen molar-refractivity contribution in [3.8, 4) is 17.2 Å². The number of anilines is 3. The molecule has 1 saturated carbocycles. The van der Waals surface area contributed by atoms with Crippen molar-refractivity contribution < 1.29 is 28.4 Å². The van der Waals surface area contributed by atoms with E-state index in [4.69, 9.17) is 9.26 Å². The van der Waals surface area contributed by atoms with Crippen LogP contribution in [0.5, 0.6) is 0 Å². The zero-order valence-corrected chi connectivity index (χ0v) is 32.1. The lowest BCUT2D eigenvalue weighted by atomic mass is 9.97. The molecule has 0 radical (unpaired) electrons. The summed E-state index contributed by atoms with van der Waals surface area (Å²) in [6, 6.07) is 21.5. The smallest absolute Gasteiger partial charge is 0.255 e. The number of hydrogen-bond donors (Lipinski definition) is 1. The van der Waals surface area contributed by atoms with Crippen molar-refractivity contribution in [3.63, 3.8) is 0 Å². The van der Waals surface area contributed by atoms with Crippen LogP contribution in [0.2, 0.25) is 0 Å². The van der Waals surface area contributed by atoms with Crippen LogP contribution in [0, 0.1) is 32.1 Å². The number of ether oxygens (including phenoxy) is 1. The Morgan fingerprint density at radius 2 is 1.87 bits per heavy atom. The molecule has 12 nitrogen and oxygen atoms in total. The van der Waals surface area contributed by atoms with Crippen LogP contribution in [0.4, 0.5) is 17.1 Å². The predicted octanol–water partition coefficient (Wildman–Crippen LogP) is 6.23. The number of rotatable bonds is 16. The average molecular weight is 745 g/mol. The second-order valence-corrected chi connectivity index (χ2v) is 14.5. The van der Waals surface area contributed by atoms with Crippen LogP contribution >= 0.6 is 0 Å². The SMILES string of the molecule is CNC(=O)C(CCC=O)N(C)C(=O)c1ccc(N2CCC(OCCN(c3ccc(C4(C#N)CC4)cc3)c3cc(-c4c(C)noc4C)ccc3C)C2)cc1C=O. The Morgan fingerprint density at radius 1 is 1.11 bits per heavy atom. The van der Waals surface area contributed by atoms with Gasteiger partial charge in [-0.15, -0.1) is 0 Å². The predicted molar refractivity (Wildman–Crippen MR) is 210 cm³/mol. The third kappa shape index (κ3) is 8.17. The minimum Gasteiger partial charge on any atom is -0.374 e. The number of aromatic nitrogens is 1. The second-order valence-electron chi connectivity index (χ2n) is 14.5. The fourth-order valence-corrected chi connectivity index (χ4v) is 7.56. The number of nitrogens with one attached hydrogen (secondary N) is 1. The van der Waals surface area contributed by atoms with Gasteiger partial charge in [-0.1, -0.05) is 29.4 Å². The van der Waals surface area contributed by atoms with Gasteiger partial charge in [-0.25, -0.2) is 0 Å². The number of carbonyl (C=O) groups is 4. The molecule has 12 heteroatoms. The number of carbonyl (C=O) groups excluding carboxylic acids is 4. The zero-order valence-electron chi connectivity index (χ0n) is 32.1. The van der Waals surface area contributed by atoms with Crippen LogP contribution in [0.15, 0.2) is 65.2 Å². The monoisotopic (exact) mass is 744 g/mol. The summed E-state index contributed by atoms with van der Waals surface area (Å²) in [4.78, 5) is 54.9. The van der Waals surface area contributed by atoms with Crippen LogP contribution in [-0.2, 0) is 19.7 Å². The largest absolute Gasteiger partial charge is 0.374 e. The highest BCUT2D eigenvalue weighted by Crippen LogP contribution is 2.48. The first-order valence-corrected chi connectivity index (χ1v) is 18.8. The Hall–Kier alpha value is -5.80. The number of nitriles is 1. The molecule has 0 spiro atoms. The molecule has 4 aromatic rings. The van der Waals surface area contributed by atoms with Gasteiger partial charge in [-0.05, 0) is 99.5 Å². The van der Waals surface area contributed by atoms with Gasteiger partial charge in [-0.3, -0.25) is 14.4 Å². The number of likely N-dealkylation sites (N-methyl/N-ethyl adjacent to an activating group) is 2. The molecule has 2 amide bonds. The van der Waals surface area contributed by atoms with Crippen molar-refractivity contribution in [2.45, 2.75) is 70.4 Å². The third-order valence-electron chi connectivity index (χ3n) is 11.0. The standard InChI is InChI=1S/C43H48N6O6/c1-28-8-9-31(40-29(2)46-55-30(40)3)24-39(28)49(34-12-10-33(11-13-34)43(27-44)17-18-43)20-22-54-36-16-19-48(25-36)35-14-15-37(32(23-35)26-51)42(53)47(5)38(7-6-21-50)41(52)45-4/h8-15,21,23-24,26,36,38H,6-7,16-20,22,25H2,1-5H3,(H,45,52). The van der Waals surface area contributed by atoms with Crippen molar-refractivity contribution in [1.82, 2.24) is 15.4 Å². The molecule has 2 unspecified atom stereocenters. The molecule has 1 N–H and O–H groups in total. The second kappa shape index (κ2) is 16.7. The summed E-state index contributed by atoms with van der Waals surface area (Å²) >= 11 is 0. The summed E-state index contributed by atoms with van der Waals surface area (Å²) in [5, 5.41) is 16.5. The van der Waals surface area contributed by atoms with Gasteiger partial charge in [0.1, 0.15) is 18.1 Å². The lowest BCUT2D eigenvalue weighted by Gasteiger charge is -2.28. The van der Waals surface area contributed by atoms with E-state index in [-0.39, 0.29) is 41.4 Å². The van der Waals surface area contributed by atoms with Gasteiger partial charge >= 0.3 is 0 Å². The molecule has 1 aromatic heterocycles. The summed E-state index contributed by atoms with van der Waals surface area (Å²) in [6.45, 7) is 8.31. The maximum atomic E-state index is 13.5. The highest BCUT2D eigenvalue weighted by molar-refractivity contribution is 6.03. The number of hydrogen-bond acceptors (Lipinski definition) is 10. The number of amides is 2. The van der Waals surface area contributed by atoms with Crippen molar-refractivity contribution in [1.29, 1.82) is 5.26 Å². The van der Waals surface area contributed by atoms with E-state index in [9.17, 15) is 24.4 Å². The Labute approximate surface area is 322 Å². The molecular weight excluding hydrogens is 697 g/mol. The molecule has 1 saturated heterocycles. The maximum Gasteiger partial charge on any atom is 0.255 e. The van der Waals surface area contributed by atoms with Crippen molar-refractivity contribution in [2.75, 3.05) is 50.1 Å². The Kier molecular flexibility index (Phi) is 11.8. The topological polar surface area (TPSA) is 149 Å². The van der Waals surface area contributed by atoms with Crippen LogP contribution in [0.3, 0.4) is 0 Å². The van der Waals surface area contributed by atoms with Crippen molar-refractivity contribution in [2.24, 2.45) is 0 Å². The lowest BCUT2D eigenvalue weighted by Crippen LogP contribution is -2.47. The number of aldehydes is 2. The summed E-state index contributed by atoms with van der Waals surface area (Å²) < 4.78 is 12.0. The molecule has 6 rings (SSSR count). The van der Waals surface area contributed by atoms with Gasteiger partial charge in [0.25, 0.3) is 5.91 Å². The molecule has 1 aliphatic carbocycles. The Morgan fingerprint density at radius 3 is 2.51 bits per heavy atom. The minimum absolute atomic E-state index is 0.0532. The van der Waals surface area contributed by atoms with E-state index in [1.165, 1.54) is 19.0 Å². The normalized spacial score (nSPS) is 16.2. The van der Waals surface area contributed by atoms with E-state index < -0.39 is 11.9 Å². The summed E-state index contributed by atoms with van der Waals surface area (Å²) in [7, 11) is 2.98. The summed E-state index contributed by atoms with van der Waals surface area (Å²) in [5.74, 6) is -0.0912. The molecule has 2 heterocycles. The maximum absolute atomic E-state index is 13.5. The van der Waals surface area contributed by atoms with Crippen LogP contribution in [0.1, 0.15) is 75.4 Å². The first kappa shape index (κ1) is 38.9. The van der Waals surface area contributed by atoms with Gasteiger partial charge in [0.2, 0.25) is 5.91 Å². The van der Waals surface area contributed by atoms with E-state index in [2.05, 4.69) is 75.7 Å². The minimum atomic E-state index is -0.845. The van der Waals surface area contributed by atoms with E-state index >= 15 is 0 Å². The molecular formula is C43H48N6O6. The number of nitrogens with zero attached hydrogens (tertiary/aromatic N) is 5. The van der Waals surface area contributed by atoms with E-state index in [0.29, 0.717) is 38.8 Å². The molecule has 2 aliphatic rings. The highest BCUT2D eigenvalue weighted by atomic mass is 16.5. The van der Waals surface area contributed by atoms with E-state index in [0.717, 1.165) is 70.0 Å². The molecule has 2 atom stereocenters. The quantitative estimate of drug-likeness (QED) is 0.131. The average Bonchev–Trinajstić information content (AvgIpc) is 3.74. The van der Waals surface area contributed by atoms with Gasteiger partial charge in [0.15, 0.2) is 6.29 Å². The first-order valence-electron chi connectivity index (χ1n) is 18.8. The number of aryl methyl sites for hydroxylation is 3.